The maximum absolute atomic E-state index is 12.3. The number of imidazole rings is 1. The molecule has 2 aromatic rings. The topological polar surface area (TPSA) is 114 Å². The fourth-order valence-electron chi connectivity index (χ4n) is 2.07. The smallest absolute Gasteiger partial charge is 0.382 e. The number of anilines is 1. The van der Waals surface area contributed by atoms with Crippen LogP contribution in [0.4, 0.5) is 5.82 Å². The molecule has 0 saturated heterocycles. The molecule has 0 aliphatic rings. The van der Waals surface area contributed by atoms with Crippen molar-refractivity contribution in [3.05, 3.63) is 12.7 Å². The van der Waals surface area contributed by atoms with E-state index in [1.54, 1.807) is 20.2 Å². The predicted octanol–water partition coefficient (Wildman–Crippen LogP) is 2.24. The van der Waals surface area contributed by atoms with Crippen molar-refractivity contribution in [3.8, 4) is 0 Å². The highest BCUT2D eigenvalue weighted by molar-refractivity contribution is 7.48. The number of phosphoric acid groups is 1. The summed E-state index contributed by atoms with van der Waals surface area (Å²) in [6.07, 6.45) is 3.05. The van der Waals surface area contributed by atoms with Gasteiger partial charge in [-0.05, 0) is 19.8 Å². The van der Waals surface area contributed by atoms with Crippen molar-refractivity contribution in [1.29, 1.82) is 0 Å². The van der Waals surface area contributed by atoms with E-state index in [0.29, 0.717) is 23.5 Å². The van der Waals surface area contributed by atoms with Gasteiger partial charge in [0, 0.05) is 6.54 Å². The fraction of sp³-hybridized carbons (Fsp3) is 0.615. The second kappa shape index (κ2) is 7.83. The molecule has 0 unspecified atom stereocenters. The summed E-state index contributed by atoms with van der Waals surface area (Å²) >= 11 is 0. The Morgan fingerprint density at radius 3 is 2.57 bits per heavy atom. The summed E-state index contributed by atoms with van der Waals surface area (Å²) in [5, 5.41) is 0. The third-order valence-electron chi connectivity index (χ3n) is 3.03. The van der Waals surface area contributed by atoms with Gasteiger partial charge in [0.15, 0.2) is 11.5 Å². The van der Waals surface area contributed by atoms with Crippen LogP contribution in [-0.2, 0) is 24.7 Å². The molecule has 0 aliphatic carbocycles. The molecule has 1 atom stereocenters. The van der Waals surface area contributed by atoms with E-state index >= 15 is 0 Å². The summed E-state index contributed by atoms with van der Waals surface area (Å²) < 4.78 is 29.7. The van der Waals surface area contributed by atoms with Crippen LogP contribution in [0, 0.1) is 5.92 Å². The molecular weight excluding hydrogens is 321 g/mol. The third kappa shape index (κ3) is 4.48. The molecule has 0 spiro atoms. The minimum absolute atomic E-state index is 0.0397. The third-order valence-corrected chi connectivity index (χ3v) is 4.64. The van der Waals surface area contributed by atoms with Gasteiger partial charge in [0.2, 0.25) is 0 Å². The van der Waals surface area contributed by atoms with E-state index in [1.165, 1.54) is 6.33 Å². The number of hydrogen-bond acceptors (Lipinski definition) is 8. The normalized spacial score (nSPS) is 13.5. The molecule has 128 valence electrons. The maximum Gasteiger partial charge on any atom is 0.474 e. The SMILES string of the molecule is CCOP(=O)(OCC)OC[C@H](C)Cn1cnc2c(N)ncnc21. The van der Waals surface area contributed by atoms with Crippen LogP contribution < -0.4 is 5.73 Å². The molecule has 0 fully saturated rings. The summed E-state index contributed by atoms with van der Waals surface area (Å²) in [5.41, 5.74) is 6.98. The Balaban J connectivity index is 2.00. The van der Waals surface area contributed by atoms with Crippen LogP contribution in [0.5, 0.6) is 0 Å². The van der Waals surface area contributed by atoms with Gasteiger partial charge in [-0.2, -0.15) is 0 Å². The molecule has 0 aliphatic heterocycles. The number of rotatable bonds is 9. The molecule has 9 nitrogen and oxygen atoms in total. The van der Waals surface area contributed by atoms with Gasteiger partial charge in [0.05, 0.1) is 26.1 Å². The van der Waals surface area contributed by atoms with Gasteiger partial charge in [-0.3, -0.25) is 13.6 Å². The quantitative estimate of drug-likeness (QED) is 0.689. The number of fused-ring (bicyclic) bond motifs is 1. The van der Waals surface area contributed by atoms with Crippen LogP contribution in [0.3, 0.4) is 0 Å². The lowest BCUT2D eigenvalue weighted by Gasteiger charge is -2.19. The van der Waals surface area contributed by atoms with Crippen molar-refractivity contribution < 1.29 is 18.1 Å². The molecule has 2 aromatic heterocycles. The van der Waals surface area contributed by atoms with Crippen LogP contribution in [0.15, 0.2) is 12.7 Å². The second-order valence-electron chi connectivity index (χ2n) is 5.01. The van der Waals surface area contributed by atoms with Gasteiger partial charge >= 0.3 is 7.82 Å². The molecule has 0 bridgehead atoms. The van der Waals surface area contributed by atoms with Crippen molar-refractivity contribution in [2.24, 2.45) is 5.92 Å². The minimum atomic E-state index is -3.49. The number of phosphoric ester groups is 1. The zero-order valence-electron chi connectivity index (χ0n) is 13.5. The summed E-state index contributed by atoms with van der Waals surface area (Å²) in [6.45, 7) is 6.74. The molecule has 0 amide bonds. The number of hydrogen-bond donors (Lipinski definition) is 1. The molecule has 0 radical (unpaired) electrons. The standard InChI is InChI=1S/C13H22N5O4P/c1-4-20-23(19,21-5-2)22-7-10(3)6-18-9-17-11-12(14)15-8-16-13(11)18/h8-10H,4-7H2,1-3H3,(H2,14,15,16)/t10-/m1/s1. The second-order valence-corrected chi connectivity index (χ2v) is 6.68. The number of aromatic nitrogens is 4. The van der Waals surface area contributed by atoms with Crippen molar-refractivity contribution in [1.82, 2.24) is 19.5 Å². The van der Waals surface area contributed by atoms with Crippen molar-refractivity contribution in [3.63, 3.8) is 0 Å². The van der Waals surface area contributed by atoms with Gasteiger partial charge in [0.1, 0.15) is 11.8 Å². The van der Waals surface area contributed by atoms with Crippen molar-refractivity contribution in [2.75, 3.05) is 25.6 Å². The molecule has 0 aromatic carbocycles. The summed E-state index contributed by atoms with van der Waals surface area (Å²) in [5.74, 6) is 0.382. The number of nitrogens with zero attached hydrogens (tertiary/aromatic N) is 4. The van der Waals surface area contributed by atoms with E-state index in [0.717, 1.165) is 0 Å². The van der Waals surface area contributed by atoms with E-state index in [-0.39, 0.29) is 25.7 Å². The Bertz CT molecular complexity index is 682. The number of nitrogen functional groups attached to an aromatic ring is 1. The molecule has 23 heavy (non-hydrogen) atoms. The Labute approximate surface area is 134 Å². The molecule has 2 rings (SSSR count). The van der Waals surface area contributed by atoms with Gasteiger partial charge in [0.25, 0.3) is 0 Å². The van der Waals surface area contributed by atoms with Crippen molar-refractivity contribution >= 4 is 24.8 Å². The maximum atomic E-state index is 12.3. The molecule has 2 heterocycles. The summed E-state index contributed by atoms with van der Waals surface area (Å²) in [4.78, 5) is 12.3. The van der Waals surface area contributed by atoms with Gasteiger partial charge in [-0.15, -0.1) is 0 Å². The van der Waals surface area contributed by atoms with E-state index in [4.69, 9.17) is 19.3 Å². The molecule has 2 N–H and O–H groups in total. The Morgan fingerprint density at radius 2 is 1.91 bits per heavy atom. The van der Waals surface area contributed by atoms with Gasteiger partial charge in [-0.1, -0.05) is 6.92 Å². The van der Waals surface area contributed by atoms with E-state index < -0.39 is 7.82 Å². The van der Waals surface area contributed by atoms with E-state index in [9.17, 15) is 4.57 Å². The largest absolute Gasteiger partial charge is 0.474 e. The van der Waals surface area contributed by atoms with E-state index in [2.05, 4.69) is 15.0 Å². The zero-order chi connectivity index (χ0) is 16.9. The Kier molecular flexibility index (Phi) is 6.06. The van der Waals surface area contributed by atoms with Crippen LogP contribution in [0.1, 0.15) is 20.8 Å². The lowest BCUT2D eigenvalue weighted by atomic mass is 10.2. The highest BCUT2D eigenvalue weighted by atomic mass is 31.2. The fourth-order valence-corrected chi connectivity index (χ4v) is 3.36. The minimum Gasteiger partial charge on any atom is -0.382 e. The highest BCUT2D eigenvalue weighted by Crippen LogP contribution is 2.49. The molecule has 0 saturated carbocycles. The Morgan fingerprint density at radius 1 is 1.22 bits per heavy atom. The first-order chi connectivity index (χ1) is 11.0. The van der Waals surface area contributed by atoms with Gasteiger partial charge < -0.3 is 10.3 Å². The Hall–Kier alpha value is -1.54. The zero-order valence-corrected chi connectivity index (χ0v) is 14.4. The molecular formula is C13H22N5O4P. The monoisotopic (exact) mass is 343 g/mol. The van der Waals surface area contributed by atoms with Gasteiger partial charge in [-0.25, -0.2) is 19.5 Å². The first-order valence-corrected chi connectivity index (χ1v) is 8.90. The van der Waals surface area contributed by atoms with Crippen LogP contribution in [-0.4, -0.2) is 39.3 Å². The molecule has 10 heteroatoms. The summed E-state index contributed by atoms with van der Waals surface area (Å²) in [7, 11) is -3.49. The van der Waals surface area contributed by atoms with Crippen LogP contribution in [0.2, 0.25) is 0 Å². The predicted molar refractivity (Wildman–Crippen MR) is 85.7 cm³/mol. The lowest BCUT2D eigenvalue weighted by molar-refractivity contribution is 0.107. The number of nitrogens with two attached hydrogens (primary N) is 1. The highest BCUT2D eigenvalue weighted by Gasteiger charge is 2.26. The lowest BCUT2D eigenvalue weighted by Crippen LogP contribution is -2.14. The van der Waals surface area contributed by atoms with Crippen LogP contribution >= 0.6 is 7.82 Å². The average Bonchev–Trinajstić information content (AvgIpc) is 2.91. The van der Waals surface area contributed by atoms with E-state index in [1.807, 2.05) is 11.5 Å². The van der Waals surface area contributed by atoms with Crippen molar-refractivity contribution in [2.45, 2.75) is 27.3 Å². The first-order valence-electron chi connectivity index (χ1n) is 7.44. The van der Waals surface area contributed by atoms with Crippen LogP contribution in [0.25, 0.3) is 11.2 Å². The summed E-state index contributed by atoms with van der Waals surface area (Å²) in [6, 6.07) is 0. The first kappa shape index (κ1) is 17.8. The average molecular weight is 343 g/mol.